The van der Waals surface area contributed by atoms with Gasteiger partial charge in [0.25, 0.3) is 0 Å². The minimum atomic E-state index is -0.291. The van der Waals surface area contributed by atoms with Crippen LogP contribution in [0.4, 0.5) is 15.2 Å². The summed E-state index contributed by atoms with van der Waals surface area (Å²) in [5, 5.41) is 5.50. The normalized spacial score (nSPS) is 10.2. The zero-order chi connectivity index (χ0) is 13.7. The summed E-state index contributed by atoms with van der Waals surface area (Å²) in [6.07, 6.45) is 0.162. The standard InChI is InChI=1S/C13H13FN2O2S/c1-2-18-12(17)7-11-8-19-13(16-11)15-10-5-3-9(14)4-6-10/h3-6,8H,2,7H2,1H3,(H,15,16). The molecule has 0 aliphatic carbocycles. The summed E-state index contributed by atoms with van der Waals surface area (Å²) < 4.78 is 17.6. The molecular formula is C13H13FN2O2S. The lowest BCUT2D eigenvalue weighted by Gasteiger charge is -2.01. The fraction of sp³-hybridized carbons (Fsp3) is 0.231. The molecule has 4 nitrogen and oxygen atoms in total. The molecule has 0 saturated carbocycles. The monoisotopic (exact) mass is 280 g/mol. The summed E-state index contributed by atoms with van der Waals surface area (Å²) in [6.45, 7) is 2.13. The molecule has 0 spiro atoms. The van der Waals surface area contributed by atoms with Crippen molar-refractivity contribution in [3.05, 3.63) is 41.2 Å². The Labute approximate surface area is 114 Å². The van der Waals surface area contributed by atoms with Crippen molar-refractivity contribution in [2.75, 3.05) is 11.9 Å². The van der Waals surface area contributed by atoms with Crippen LogP contribution in [-0.4, -0.2) is 17.6 Å². The molecule has 0 amide bonds. The first kappa shape index (κ1) is 13.5. The number of ether oxygens (including phenoxy) is 1. The van der Waals surface area contributed by atoms with E-state index in [1.165, 1.54) is 23.5 Å². The van der Waals surface area contributed by atoms with E-state index in [-0.39, 0.29) is 18.2 Å². The van der Waals surface area contributed by atoms with E-state index in [9.17, 15) is 9.18 Å². The van der Waals surface area contributed by atoms with E-state index in [0.29, 0.717) is 17.4 Å². The first-order valence-electron chi connectivity index (χ1n) is 5.80. The molecule has 0 radical (unpaired) electrons. The number of aromatic nitrogens is 1. The van der Waals surface area contributed by atoms with Crippen molar-refractivity contribution in [2.45, 2.75) is 13.3 Å². The Kier molecular flexibility index (Phi) is 4.46. The van der Waals surface area contributed by atoms with E-state index >= 15 is 0 Å². The summed E-state index contributed by atoms with van der Waals surface area (Å²) >= 11 is 1.38. The van der Waals surface area contributed by atoms with Crippen molar-refractivity contribution in [1.29, 1.82) is 0 Å². The average molecular weight is 280 g/mol. The fourth-order valence-electron chi connectivity index (χ4n) is 1.46. The van der Waals surface area contributed by atoms with Gasteiger partial charge in [0.05, 0.1) is 18.7 Å². The van der Waals surface area contributed by atoms with Gasteiger partial charge in [0.1, 0.15) is 5.82 Å². The number of carbonyl (C=O) groups excluding carboxylic acids is 1. The van der Waals surface area contributed by atoms with Gasteiger partial charge in [-0.15, -0.1) is 11.3 Å². The van der Waals surface area contributed by atoms with E-state index in [1.807, 2.05) is 0 Å². The molecule has 19 heavy (non-hydrogen) atoms. The summed E-state index contributed by atoms with van der Waals surface area (Å²) in [4.78, 5) is 15.6. The lowest BCUT2D eigenvalue weighted by atomic mass is 10.3. The first-order valence-corrected chi connectivity index (χ1v) is 6.68. The number of rotatable bonds is 5. The van der Waals surface area contributed by atoms with Crippen LogP contribution >= 0.6 is 11.3 Å². The molecule has 1 N–H and O–H groups in total. The SMILES string of the molecule is CCOC(=O)Cc1csc(Nc2ccc(F)cc2)n1. The summed E-state index contributed by atoms with van der Waals surface area (Å²) in [5.74, 6) is -0.575. The predicted molar refractivity (Wildman–Crippen MR) is 72.1 cm³/mol. The van der Waals surface area contributed by atoms with E-state index in [4.69, 9.17) is 4.74 Å². The van der Waals surface area contributed by atoms with Gasteiger partial charge < -0.3 is 10.1 Å². The maximum absolute atomic E-state index is 12.8. The van der Waals surface area contributed by atoms with Crippen molar-refractivity contribution in [1.82, 2.24) is 4.98 Å². The van der Waals surface area contributed by atoms with Gasteiger partial charge in [0.2, 0.25) is 0 Å². The summed E-state index contributed by atoms with van der Waals surface area (Å²) in [5.41, 5.74) is 1.41. The summed E-state index contributed by atoms with van der Waals surface area (Å²) in [6, 6.07) is 5.99. The van der Waals surface area contributed by atoms with Crippen molar-refractivity contribution in [3.8, 4) is 0 Å². The molecule has 1 heterocycles. The van der Waals surface area contributed by atoms with Crippen LogP contribution in [0.5, 0.6) is 0 Å². The highest BCUT2D eigenvalue weighted by Gasteiger charge is 2.08. The third-order valence-corrected chi connectivity index (χ3v) is 3.08. The second-order valence-corrected chi connectivity index (χ2v) is 4.62. The Hall–Kier alpha value is -1.95. The molecule has 6 heteroatoms. The molecule has 0 saturated heterocycles. The van der Waals surface area contributed by atoms with Crippen LogP contribution in [0, 0.1) is 5.82 Å². The molecule has 2 aromatic rings. The van der Waals surface area contributed by atoms with E-state index in [0.717, 1.165) is 5.69 Å². The number of nitrogens with zero attached hydrogens (tertiary/aromatic N) is 1. The zero-order valence-corrected chi connectivity index (χ0v) is 11.2. The smallest absolute Gasteiger partial charge is 0.311 e. The van der Waals surface area contributed by atoms with Crippen LogP contribution in [-0.2, 0) is 16.0 Å². The third-order valence-electron chi connectivity index (χ3n) is 2.28. The van der Waals surface area contributed by atoms with Crippen LogP contribution in [0.25, 0.3) is 0 Å². The quantitative estimate of drug-likeness (QED) is 0.855. The Balaban J connectivity index is 1.97. The predicted octanol–water partition coefficient (Wildman–Crippen LogP) is 3.13. The molecule has 0 atom stereocenters. The molecule has 1 aromatic carbocycles. The Morgan fingerprint density at radius 3 is 2.84 bits per heavy atom. The van der Waals surface area contributed by atoms with Crippen LogP contribution in [0.2, 0.25) is 0 Å². The highest BCUT2D eigenvalue weighted by Crippen LogP contribution is 2.21. The van der Waals surface area contributed by atoms with E-state index < -0.39 is 0 Å². The van der Waals surface area contributed by atoms with E-state index in [1.54, 1.807) is 24.4 Å². The minimum Gasteiger partial charge on any atom is -0.466 e. The number of carbonyl (C=O) groups is 1. The van der Waals surface area contributed by atoms with Gasteiger partial charge in [-0.3, -0.25) is 4.79 Å². The van der Waals surface area contributed by atoms with Gasteiger partial charge in [-0.1, -0.05) is 0 Å². The number of thiazole rings is 1. The van der Waals surface area contributed by atoms with Crippen molar-refractivity contribution in [2.24, 2.45) is 0 Å². The zero-order valence-electron chi connectivity index (χ0n) is 10.4. The molecular weight excluding hydrogens is 267 g/mol. The molecule has 1 aromatic heterocycles. The lowest BCUT2D eigenvalue weighted by molar-refractivity contribution is -0.142. The molecule has 100 valence electrons. The van der Waals surface area contributed by atoms with Gasteiger partial charge in [-0.25, -0.2) is 9.37 Å². The number of halogens is 1. The first-order chi connectivity index (χ1) is 9.17. The highest BCUT2D eigenvalue weighted by molar-refractivity contribution is 7.13. The van der Waals surface area contributed by atoms with Crippen molar-refractivity contribution < 1.29 is 13.9 Å². The topological polar surface area (TPSA) is 51.2 Å². The van der Waals surface area contributed by atoms with Gasteiger partial charge in [-0.05, 0) is 31.2 Å². The number of hydrogen-bond acceptors (Lipinski definition) is 5. The average Bonchev–Trinajstić information content (AvgIpc) is 2.80. The molecule has 0 bridgehead atoms. The lowest BCUT2D eigenvalue weighted by Crippen LogP contribution is -2.07. The van der Waals surface area contributed by atoms with Gasteiger partial charge in [0.15, 0.2) is 5.13 Å². The number of benzene rings is 1. The Morgan fingerprint density at radius 2 is 2.16 bits per heavy atom. The van der Waals surface area contributed by atoms with Gasteiger partial charge >= 0.3 is 5.97 Å². The van der Waals surface area contributed by atoms with Crippen molar-refractivity contribution >= 4 is 28.1 Å². The van der Waals surface area contributed by atoms with E-state index in [2.05, 4.69) is 10.3 Å². The summed E-state index contributed by atoms with van der Waals surface area (Å²) in [7, 11) is 0. The van der Waals surface area contributed by atoms with Crippen LogP contribution in [0.1, 0.15) is 12.6 Å². The maximum Gasteiger partial charge on any atom is 0.311 e. The number of hydrogen-bond donors (Lipinski definition) is 1. The van der Waals surface area contributed by atoms with Gasteiger partial charge in [0, 0.05) is 11.1 Å². The highest BCUT2D eigenvalue weighted by atomic mass is 32.1. The van der Waals surface area contributed by atoms with Crippen LogP contribution < -0.4 is 5.32 Å². The van der Waals surface area contributed by atoms with Gasteiger partial charge in [-0.2, -0.15) is 0 Å². The largest absolute Gasteiger partial charge is 0.466 e. The number of nitrogens with one attached hydrogen (secondary N) is 1. The van der Waals surface area contributed by atoms with Crippen LogP contribution in [0.15, 0.2) is 29.6 Å². The molecule has 0 aliphatic heterocycles. The second-order valence-electron chi connectivity index (χ2n) is 3.76. The second kappa shape index (κ2) is 6.29. The number of esters is 1. The Bertz CT molecular complexity index is 554. The van der Waals surface area contributed by atoms with Crippen LogP contribution in [0.3, 0.4) is 0 Å². The minimum absolute atomic E-state index is 0.162. The molecule has 0 fully saturated rings. The third kappa shape index (κ3) is 4.03. The molecule has 0 aliphatic rings. The fourth-order valence-corrected chi connectivity index (χ4v) is 2.19. The number of anilines is 2. The maximum atomic E-state index is 12.8. The molecule has 2 rings (SSSR count). The van der Waals surface area contributed by atoms with Crippen molar-refractivity contribution in [3.63, 3.8) is 0 Å². The molecule has 0 unspecified atom stereocenters. The Morgan fingerprint density at radius 1 is 1.42 bits per heavy atom.